The second kappa shape index (κ2) is 13.0. The molecule has 0 saturated carbocycles. The van der Waals surface area contributed by atoms with E-state index >= 15 is 0 Å². The zero-order valence-corrected chi connectivity index (χ0v) is 17.5. The van der Waals surface area contributed by atoms with Gasteiger partial charge in [-0.05, 0) is 30.5 Å². The number of rotatable bonds is 8. The van der Waals surface area contributed by atoms with E-state index in [1.54, 1.807) is 0 Å². The molecule has 0 aliphatic carbocycles. The zero-order chi connectivity index (χ0) is 17.1. The SMILES string of the molecule is CCNC(=NCc1cccc(NC(C)=O)c1)NCC(CC)CC.I. The number of hydrogen-bond acceptors (Lipinski definition) is 2. The maximum Gasteiger partial charge on any atom is 0.221 e. The first-order valence-corrected chi connectivity index (χ1v) is 8.47. The van der Waals surface area contributed by atoms with Crippen molar-refractivity contribution in [2.75, 3.05) is 18.4 Å². The molecule has 24 heavy (non-hydrogen) atoms. The number of guanidine groups is 1. The van der Waals surface area contributed by atoms with Crippen molar-refractivity contribution in [3.63, 3.8) is 0 Å². The van der Waals surface area contributed by atoms with Gasteiger partial charge in [-0.15, -0.1) is 24.0 Å². The molecule has 0 aliphatic heterocycles. The highest BCUT2D eigenvalue weighted by atomic mass is 127. The van der Waals surface area contributed by atoms with Gasteiger partial charge in [-0.2, -0.15) is 0 Å². The van der Waals surface area contributed by atoms with Gasteiger partial charge >= 0.3 is 0 Å². The standard InChI is InChI=1S/C18H30N4O.HI/c1-5-15(6-2)12-20-18(19-7-3)21-13-16-9-8-10-17(11-16)22-14(4)23;/h8-11,15H,5-7,12-13H2,1-4H3,(H,22,23)(H2,19,20,21);1H. The Morgan fingerprint density at radius 1 is 1.17 bits per heavy atom. The highest BCUT2D eigenvalue weighted by Gasteiger charge is 2.05. The first-order valence-electron chi connectivity index (χ1n) is 8.47. The van der Waals surface area contributed by atoms with Gasteiger partial charge in [0, 0.05) is 25.7 Å². The second-order valence-corrected chi connectivity index (χ2v) is 5.64. The lowest BCUT2D eigenvalue weighted by Crippen LogP contribution is -2.39. The molecule has 136 valence electrons. The average Bonchev–Trinajstić information content (AvgIpc) is 2.53. The summed E-state index contributed by atoms with van der Waals surface area (Å²) in [6, 6.07) is 7.78. The van der Waals surface area contributed by atoms with Gasteiger partial charge in [0.25, 0.3) is 0 Å². The summed E-state index contributed by atoms with van der Waals surface area (Å²) in [4.78, 5) is 15.7. The lowest BCUT2D eigenvalue weighted by molar-refractivity contribution is -0.114. The Balaban J connectivity index is 0.00000529. The van der Waals surface area contributed by atoms with E-state index in [-0.39, 0.29) is 29.9 Å². The minimum Gasteiger partial charge on any atom is -0.357 e. The van der Waals surface area contributed by atoms with Crippen molar-refractivity contribution in [3.05, 3.63) is 29.8 Å². The van der Waals surface area contributed by atoms with Gasteiger partial charge in [0.2, 0.25) is 5.91 Å². The minimum atomic E-state index is -0.0640. The third kappa shape index (κ3) is 9.10. The Morgan fingerprint density at radius 3 is 2.46 bits per heavy atom. The Morgan fingerprint density at radius 2 is 1.88 bits per heavy atom. The smallest absolute Gasteiger partial charge is 0.221 e. The molecule has 0 saturated heterocycles. The number of anilines is 1. The van der Waals surface area contributed by atoms with Crippen LogP contribution in [0.15, 0.2) is 29.3 Å². The van der Waals surface area contributed by atoms with Crippen LogP contribution < -0.4 is 16.0 Å². The molecular weight excluding hydrogens is 415 g/mol. The second-order valence-electron chi connectivity index (χ2n) is 5.64. The van der Waals surface area contributed by atoms with Crippen molar-refractivity contribution < 1.29 is 4.79 Å². The lowest BCUT2D eigenvalue weighted by atomic mass is 10.0. The molecule has 0 heterocycles. The summed E-state index contributed by atoms with van der Waals surface area (Å²) in [5, 5.41) is 9.48. The molecular formula is C18H31IN4O. The summed E-state index contributed by atoms with van der Waals surface area (Å²) in [6.07, 6.45) is 2.34. The van der Waals surface area contributed by atoms with E-state index < -0.39 is 0 Å². The molecule has 1 aromatic rings. The number of halogens is 1. The summed E-state index contributed by atoms with van der Waals surface area (Å²) in [7, 11) is 0. The predicted molar refractivity (Wildman–Crippen MR) is 113 cm³/mol. The third-order valence-electron chi connectivity index (χ3n) is 3.72. The van der Waals surface area contributed by atoms with Gasteiger partial charge in [0.15, 0.2) is 5.96 Å². The van der Waals surface area contributed by atoms with Crippen molar-refractivity contribution in [2.24, 2.45) is 10.9 Å². The number of nitrogens with one attached hydrogen (secondary N) is 3. The van der Waals surface area contributed by atoms with Crippen LogP contribution in [0.4, 0.5) is 5.69 Å². The molecule has 0 spiro atoms. The number of hydrogen-bond donors (Lipinski definition) is 3. The van der Waals surface area contributed by atoms with Crippen molar-refractivity contribution in [1.29, 1.82) is 0 Å². The Labute approximate surface area is 163 Å². The fourth-order valence-corrected chi connectivity index (χ4v) is 2.28. The molecule has 5 nitrogen and oxygen atoms in total. The fourth-order valence-electron chi connectivity index (χ4n) is 2.28. The number of carbonyl (C=O) groups is 1. The lowest BCUT2D eigenvalue weighted by Gasteiger charge is -2.16. The molecule has 1 aromatic carbocycles. The first-order chi connectivity index (χ1) is 11.1. The maximum atomic E-state index is 11.1. The van der Waals surface area contributed by atoms with Crippen LogP contribution in [0.5, 0.6) is 0 Å². The summed E-state index contributed by atoms with van der Waals surface area (Å²) in [6.45, 7) is 10.3. The van der Waals surface area contributed by atoms with Crippen molar-refractivity contribution >= 4 is 41.5 Å². The van der Waals surface area contributed by atoms with E-state index in [1.807, 2.05) is 24.3 Å². The molecule has 0 fully saturated rings. The summed E-state index contributed by atoms with van der Waals surface area (Å²) >= 11 is 0. The molecule has 0 atom stereocenters. The average molecular weight is 446 g/mol. The van der Waals surface area contributed by atoms with Crippen LogP contribution in [-0.4, -0.2) is 25.0 Å². The van der Waals surface area contributed by atoms with Gasteiger partial charge in [-0.25, -0.2) is 4.99 Å². The molecule has 0 aromatic heterocycles. The molecule has 0 unspecified atom stereocenters. The summed E-state index contributed by atoms with van der Waals surface area (Å²) < 4.78 is 0. The van der Waals surface area contributed by atoms with Crippen molar-refractivity contribution in [1.82, 2.24) is 10.6 Å². The van der Waals surface area contributed by atoms with Crippen LogP contribution in [0.3, 0.4) is 0 Å². The summed E-state index contributed by atoms with van der Waals surface area (Å²) in [5.74, 6) is 1.44. The van der Waals surface area contributed by atoms with E-state index in [0.29, 0.717) is 12.5 Å². The van der Waals surface area contributed by atoms with E-state index in [1.165, 1.54) is 19.8 Å². The van der Waals surface area contributed by atoms with Crippen LogP contribution in [0.2, 0.25) is 0 Å². The van der Waals surface area contributed by atoms with Gasteiger partial charge in [-0.1, -0.05) is 38.8 Å². The van der Waals surface area contributed by atoms with Gasteiger partial charge < -0.3 is 16.0 Å². The molecule has 3 N–H and O–H groups in total. The third-order valence-corrected chi connectivity index (χ3v) is 3.72. The Bertz CT molecular complexity index is 515. The van der Waals surface area contributed by atoms with Gasteiger partial charge in [-0.3, -0.25) is 4.79 Å². The first kappa shape index (κ1) is 22.7. The zero-order valence-electron chi connectivity index (χ0n) is 15.2. The highest BCUT2D eigenvalue weighted by molar-refractivity contribution is 14.0. The van der Waals surface area contributed by atoms with Crippen LogP contribution in [-0.2, 0) is 11.3 Å². The van der Waals surface area contributed by atoms with Gasteiger partial charge in [0.1, 0.15) is 0 Å². The summed E-state index contributed by atoms with van der Waals surface area (Å²) in [5.41, 5.74) is 1.87. The normalized spacial score (nSPS) is 11.0. The molecule has 1 rings (SSSR count). The predicted octanol–water partition coefficient (Wildman–Crippen LogP) is 3.75. The fraction of sp³-hybridized carbons (Fsp3) is 0.556. The molecule has 0 radical (unpaired) electrons. The van der Waals surface area contributed by atoms with Crippen LogP contribution in [0.1, 0.15) is 46.1 Å². The quantitative estimate of drug-likeness (QED) is 0.324. The van der Waals surface area contributed by atoms with Crippen molar-refractivity contribution in [2.45, 2.75) is 47.1 Å². The van der Waals surface area contributed by atoms with Crippen molar-refractivity contribution in [3.8, 4) is 0 Å². The van der Waals surface area contributed by atoms with Crippen LogP contribution in [0, 0.1) is 5.92 Å². The number of benzene rings is 1. The van der Waals surface area contributed by atoms with Crippen LogP contribution >= 0.6 is 24.0 Å². The van der Waals surface area contributed by atoms with Gasteiger partial charge in [0.05, 0.1) is 6.54 Å². The topological polar surface area (TPSA) is 65.5 Å². The largest absolute Gasteiger partial charge is 0.357 e. The number of carbonyl (C=O) groups excluding carboxylic acids is 1. The number of aliphatic imine (C=N–C) groups is 1. The Hall–Kier alpha value is -1.31. The number of nitrogens with zero attached hydrogens (tertiary/aromatic N) is 1. The highest BCUT2D eigenvalue weighted by Crippen LogP contribution is 2.11. The van der Waals surface area contributed by atoms with E-state index in [4.69, 9.17) is 0 Å². The van der Waals surface area contributed by atoms with E-state index in [0.717, 1.165) is 30.3 Å². The van der Waals surface area contributed by atoms with E-state index in [2.05, 4.69) is 41.7 Å². The van der Waals surface area contributed by atoms with E-state index in [9.17, 15) is 4.79 Å². The van der Waals surface area contributed by atoms with Crippen LogP contribution in [0.25, 0.3) is 0 Å². The molecule has 1 amide bonds. The maximum absolute atomic E-state index is 11.1. The molecule has 0 aliphatic rings. The molecule has 6 heteroatoms. The Kier molecular flexibility index (Phi) is 12.3. The molecule has 0 bridgehead atoms. The number of amides is 1. The monoisotopic (exact) mass is 446 g/mol. The minimum absolute atomic E-state index is 0.